The standard InChI is InChI=1S/C22H20N4O2S2/c1-26(2)30(27,28)16-9-7-8-15(14-16)23-22(29)25-24-21-19-12-5-3-10-17(19)18-11-4-6-13-20(18)21/h3-14H,1-2H3,(H2,23,25,29). The molecule has 0 unspecified atom stereocenters. The van der Waals surface area contributed by atoms with Gasteiger partial charge in [0.15, 0.2) is 5.11 Å². The summed E-state index contributed by atoms with van der Waals surface area (Å²) in [7, 11) is -0.535. The van der Waals surface area contributed by atoms with Crippen LogP contribution in [0, 0.1) is 0 Å². The van der Waals surface area contributed by atoms with Crippen LogP contribution in [0.1, 0.15) is 11.1 Å². The number of anilines is 1. The third-order valence-corrected chi connectivity index (χ3v) is 6.80. The molecule has 0 aliphatic heterocycles. The normalized spacial score (nSPS) is 12.3. The van der Waals surface area contributed by atoms with E-state index < -0.39 is 10.0 Å². The van der Waals surface area contributed by atoms with Crippen LogP contribution in [0.3, 0.4) is 0 Å². The molecule has 3 aromatic carbocycles. The topological polar surface area (TPSA) is 73.8 Å². The molecule has 1 aliphatic carbocycles. The van der Waals surface area contributed by atoms with E-state index in [0.717, 1.165) is 28.0 Å². The van der Waals surface area contributed by atoms with E-state index in [1.165, 1.54) is 24.5 Å². The van der Waals surface area contributed by atoms with E-state index in [9.17, 15) is 8.42 Å². The highest BCUT2D eigenvalue weighted by Gasteiger charge is 2.24. The Balaban J connectivity index is 1.56. The minimum atomic E-state index is -3.53. The molecule has 0 saturated heterocycles. The third kappa shape index (κ3) is 3.72. The molecular weight excluding hydrogens is 416 g/mol. The molecule has 0 saturated carbocycles. The number of hydrazone groups is 1. The average Bonchev–Trinajstić information content (AvgIpc) is 3.06. The number of nitrogens with one attached hydrogen (secondary N) is 2. The number of thiocarbonyl (C=S) groups is 1. The highest BCUT2D eigenvalue weighted by atomic mass is 32.2. The summed E-state index contributed by atoms with van der Waals surface area (Å²) in [6.45, 7) is 0. The van der Waals surface area contributed by atoms with Gasteiger partial charge in [0.25, 0.3) is 0 Å². The van der Waals surface area contributed by atoms with E-state index in [-0.39, 0.29) is 10.0 Å². The zero-order chi connectivity index (χ0) is 21.3. The molecule has 4 rings (SSSR count). The average molecular weight is 437 g/mol. The summed E-state index contributed by atoms with van der Waals surface area (Å²) in [5, 5.41) is 7.80. The summed E-state index contributed by atoms with van der Waals surface area (Å²) in [5.74, 6) is 0. The first-order valence-corrected chi connectivity index (χ1v) is 11.1. The first kappa shape index (κ1) is 20.2. The van der Waals surface area contributed by atoms with Crippen molar-refractivity contribution in [2.24, 2.45) is 5.10 Å². The molecule has 0 atom stereocenters. The lowest BCUT2D eigenvalue weighted by Gasteiger charge is -2.13. The fourth-order valence-corrected chi connectivity index (χ4v) is 4.44. The maximum atomic E-state index is 12.3. The Labute approximate surface area is 181 Å². The van der Waals surface area contributed by atoms with Crippen molar-refractivity contribution in [1.29, 1.82) is 0 Å². The van der Waals surface area contributed by atoms with Crippen LogP contribution in [0.2, 0.25) is 0 Å². The van der Waals surface area contributed by atoms with Gasteiger partial charge in [0.05, 0.1) is 10.6 Å². The first-order valence-electron chi connectivity index (χ1n) is 9.24. The zero-order valence-corrected chi connectivity index (χ0v) is 18.1. The summed E-state index contributed by atoms with van der Waals surface area (Å²) in [6.07, 6.45) is 0. The van der Waals surface area contributed by atoms with Crippen molar-refractivity contribution in [3.63, 3.8) is 0 Å². The Kier molecular flexibility index (Phi) is 5.38. The van der Waals surface area contributed by atoms with Gasteiger partial charge >= 0.3 is 0 Å². The lowest BCUT2D eigenvalue weighted by atomic mass is 10.1. The number of sulfonamides is 1. The van der Waals surface area contributed by atoms with Gasteiger partial charge in [0.2, 0.25) is 10.0 Å². The van der Waals surface area contributed by atoms with Crippen LogP contribution in [-0.2, 0) is 10.0 Å². The summed E-state index contributed by atoms with van der Waals surface area (Å²) in [5.41, 5.74) is 8.59. The van der Waals surface area contributed by atoms with Crippen molar-refractivity contribution >= 4 is 38.8 Å². The van der Waals surface area contributed by atoms with Crippen LogP contribution in [0.15, 0.2) is 82.8 Å². The van der Waals surface area contributed by atoms with E-state index >= 15 is 0 Å². The molecule has 6 nitrogen and oxygen atoms in total. The van der Waals surface area contributed by atoms with Crippen molar-refractivity contribution in [2.45, 2.75) is 4.90 Å². The largest absolute Gasteiger partial charge is 0.331 e. The summed E-state index contributed by atoms with van der Waals surface area (Å²) < 4.78 is 25.8. The van der Waals surface area contributed by atoms with Gasteiger partial charge in [-0.3, -0.25) is 5.43 Å². The molecule has 0 aromatic heterocycles. The quantitative estimate of drug-likeness (QED) is 0.377. The molecule has 3 aromatic rings. The Morgan fingerprint density at radius 3 is 2.00 bits per heavy atom. The predicted molar refractivity (Wildman–Crippen MR) is 124 cm³/mol. The molecule has 1 aliphatic rings. The number of fused-ring (bicyclic) bond motifs is 3. The molecule has 0 spiro atoms. The second-order valence-corrected chi connectivity index (χ2v) is 9.49. The van der Waals surface area contributed by atoms with Gasteiger partial charge in [-0.15, -0.1) is 0 Å². The Morgan fingerprint density at radius 1 is 0.867 bits per heavy atom. The smallest absolute Gasteiger partial charge is 0.242 e. The van der Waals surface area contributed by atoms with Crippen LogP contribution in [0.25, 0.3) is 11.1 Å². The van der Waals surface area contributed by atoms with Gasteiger partial charge in [-0.2, -0.15) is 5.10 Å². The molecule has 0 amide bonds. The lowest BCUT2D eigenvalue weighted by Crippen LogP contribution is -2.26. The fourth-order valence-electron chi connectivity index (χ4n) is 3.33. The lowest BCUT2D eigenvalue weighted by molar-refractivity contribution is 0.521. The third-order valence-electron chi connectivity index (χ3n) is 4.79. The van der Waals surface area contributed by atoms with E-state index in [4.69, 9.17) is 12.2 Å². The van der Waals surface area contributed by atoms with Crippen molar-refractivity contribution in [1.82, 2.24) is 9.73 Å². The number of nitrogens with zero attached hydrogens (tertiary/aromatic N) is 2. The molecule has 0 bridgehead atoms. The van der Waals surface area contributed by atoms with E-state index in [1.807, 2.05) is 36.4 Å². The molecule has 30 heavy (non-hydrogen) atoms. The number of hydrogen-bond acceptors (Lipinski definition) is 4. The van der Waals surface area contributed by atoms with Crippen LogP contribution in [0.5, 0.6) is 0 Å². The Morgan fingerprint density at radius 2 is 1.43 bits per heavy atom. The summed E-state index contributed by atoms with van der Waals surface area (Å²) >= 11 is 5.37. The van der Waals surface area contributed by atoms with Gasteiger partial charge in [-0.25, -0.2) is 12.7 Å². The second kappa shape index (κ2) is 7.98. The van der Waals surface area contributed by atoms with Gasteiger partial charge in [-0.1, -0.05) is 54.6 Å². The zero-order valence-electron chi connectivity index (χ0n) is 16.5. The van der Waals surface area contributed by atoms with E-state index in [0.29, 0.717) is 5.69 Å². The van der Waals surface area contributed by atoms with E-state index in [1.54, 1.807) is 18.2 Å². The SMILES string of the molecule is CN(C)S(=O)(=O)c1cccc(NC(=S)NN=C2c3ccccc3-c3ccccc32)c1. The van der Waals surface area contributed by atoms with Crippen LogP contribution >= 0.6 is 12.2 Å². The molecule has 152 valence electrons. The van der Waals surface area contributed by atoms with Gasteiger partial charge in [0.1, 0.15) is 0 Å². The molecular formula is C22H20N4O2S2. The molecule has 0 fully saturated rings. The van der Waals surface area contributed by atoms with Crippen LogP contribution in [-0.4, -0.2) is 37.6 Å². The van der Waals surface area contributed by atoms with Crippen molar-refractivity contribution in [3.05, 3.63) is 83.9 Å². The van der Waals surface area contributed by atoms with E-state index in [2.05, 4.69) is 28.0 Å². The molecule has 8 heteroatoms. The maximum absolute atomic E-state index is 12.3. The molecule has 0 heterocycles. The van der Waals surface area contributed by atoms with Crippen molar-refractivity contribution in [3.8, 4) is 11.1 Å². The van der Waals surface area contributed by atoms with Gasteiger partial charge < -0.3 is 5.32 Å². The minimum Gasteiger partial charge on any atom is -0.331 e. The fraction of sp³-hybridized carbons (Fsp3) is 0.0909. The Bertz CT molecular complexity index is 1220. The molecule has 0 radical (unpaired) electrons. The van der Waals surface area contributed by atoms with Gasteiger partial charge in [0, 0.05) is 30.9 Å². The second-order valence-electron chi connectivity index (χ2n) is 6.93. The Hall–Kier alpha value is -3.07. The first-order chi connectivity index (χ1) is 14.4. The highest BCUT2D eigenvalue weighted by Crippen LogP contribution is 2.36. The van der Waals surface area contributed by atoms with Gasteiger partial charge in [-0.05, 0) is 41.5 Å². The van der Waals surface area contributed by atoms with Crippen LogP contribution < -0.4 is 10.7 Å². The maximum Gasteiger partial charge on any atom is 0.242 e. The number of rotatable bonds is 4. The summed E-state index contributed by atoms with van der Waals surface area (Å²) in [4.78, 5) is 0.185. The van der Waals surface area contributed by atoms with Crippen molar-refractivity contribution < 1.29 is 8.42 Å². The molecule has 2 N–H and O–H groups in total. The van der Waals surface area contributed by atoms with Crippen LogP contribution in [0.4, 0.5) is 5.69 Å². The highest BCUT2D eigenvalue weighted by molar-refractivity contribution is 7.89. The summed E-state index contributed by atoms with van der Waals surface area (Å²) in [6, 6.07) is 22.7. The minimum absolute atomic E-state index is 0.185. The predicted octanol–water partition coefficient (Wildman–Crippen LogP) is 3.66. The van der Waals surface area contributed by atoms with Crippen molar-refractivity contribution in [2.75, 3.05) is 19.4 Å². The number of hydrogen-bond donors (Lipinski definition) is 2. The monoisotopic (exact) mass is 436 g/mol. The number of benzene rings is 3.